The maximum Gasteiger partial charge on any atom is 0.347 e. The minimum Gasteiger partial charge on any atom is -0.285 e. The van der Waals surface area contributed by atoms with Crippen molar-refractivity contribution in [2.24, 2.45) is 0 Å². The molecule has 50 valence electrons. The fourth-order valence-electron chi connectivity index (χ4n) is 0.148. The molecule has 8 heavy (non-hydrogen) atoms. The third-order valence-electron chi connectivity index (χ3n) is 0.372. The van der Waals surface area contributed by atoms with Crippen LogP contribution in [-0.2, 0) is 4.74 Å². The van der Waals surface area contributed by atoms with Crippen LogP contribution in [0.5, 0.6) is 0 Å². The van der Waals surface area contributed by atoms with E-state index in [2.05, 4.69) is 4.74 Å². The summed E-state index contributed by atoms with van der Waals surface area (Å²) in [6.07, 6.45) is -2.49. The number of hydrogen-bond donors (Lipinski definition) is 0. The summed E-state index contributed by atoms with van der Waals surface area (Å²) in [5, 5.41) is 0. The molecule has 0 aromatic rings. The Kier molecular flexibility index (Phi) is 3.51. The van der Waals surface area contributed by atoms with Crippen LogP contribution in [0.2, 0.25) is 0 Å². The van der Waals surface area contributed by atoms with Gasteiger partial charge in [0.15, 0.2) is 0 Å². The van der Waals surface area contributed by atoms with Gasteiger partial charge < -0.3 is 0 Å². The van der Waals surface area contributed by atoms with E-state index in [1.54, 1.807) is 0 Å². The molecular formula is C3H4F4O. The molecule has 5 heteroatoms. The van der Waals surface area contributed by atoms with Gasteiger partial charge in [-0.3, -0.25) is 4.74 Å². The first-order chi connectivity index (χ1) is 3.66. The summed E-state index contributed by atoms with van der Waals surface area (Å²) in [4.78, 5) is 0. The lowest BCUT2D eigenvalue weighted by Crippen LogP contribution is -2.12. The van der Waals surface area contributed by atoms with Crippen LogP contribution in [0, 0.1) is 0 Å². The van der Waals surface area contributed by atoms with Gasteiger partial charge in [0.2, 0.25) is 6.36 Å². The Balaban J connectivity index is 3.10. The fourth-order valence-corrected chi connectivity index (χ4v) is 0.148. The quantitative estimate of drug-likeness (QED) is 0.528. The topological polar surface area (TPSA) is 9.23 Å². The van der Waals surface area contributed by atoms with E-state index < -0.39 is 19.6 Å². The second kappa shape index (κ2) is 3.65. The molecule has 0 aliphatic carbocycles. The normalized spacial score (nSPS) is 14.6. The molecular weight excluding hydrogens is 128 g/mol. The molecule has 0 fully saturated rings. The van der Waals surface area contributed by atoms with Gasteiger partial charge >= 0.3 is 6.61 Å². The van der Waals surface area contributed by atoms with Gasteiger partial charge in [-0.25, -0.2) is 8.78 Å². The molecule has 0 radical (unpaired) electrons. The van der Waals surface area contributed by atoms with Crippen LogP contribution in [0.25, 0.3) is 0 Å². The zero-order chi connectivity index (χ0) is 6.57. The highest BCUT2D eigenvalue weighted by Crippen LogP contribution is 2.02. The van der Waals surface area contributed by atoms with Crippen LogP contribution in [0.15, 0.2) is 0 Å². The lowest BCUT2D eigenvalue weighted by molar-refractivity contribution is -0.203. The Morgan fingerprint density at radius 1 is 1.25 bits per heavy atom. The smallest absolute Gasteiger partial charge is 0.285 e. The molecule has 0 aliphatic heterocycles. The third kappa shape index (κ3) is 3.86. The zero-order valence-electron chi connectivity index (χ0n) is 3.78. The van der Waals surface area contributed by atoms with Gasteiger partial charge in [-0.2, -0.15) is 8.78 Å². The molecule has 0 aromatic carbocycles. The monoisotopic (exact) mass is 132 g/mol. The number of rotatable bonds is 3. The fraction of sp³-hybridized carbons (Fsp3) is 1.00. The molecule has 1 atom stereocenters. The van der Waals surface area contributed by atoms with Gasteiger partial charge in [0, 0.05) is 0 Å². The minimum absolute atomic E-state index is 1.54. The van der Waals surface area contributed by atoms with Gasteiger partial charge in [-0.15, -0.1) is 0 Å². The number of alkyl halides is 4. The molecule has 0 bridgehead atoms. The standard InChI is InChI=1S/C3H4F4O/c4-1-2(5)8-3(6)7/h2-3H,1H2. The van der Waals surface area contributed by atoms with E-state index >= 15 is 0 Å². The zero-order valence-corrected chi connectivity index (χ0v) is 3.78. The Hall–Kier alpha value is -0.320. The van der Waals surface area contributed by atoms with Crippen LogP contribution in [0.3, 0.4) is 0 Å². The average molecular weight is 132 g/mol. The van der Waals surface area contributed by atoms with Gasteiger partial charge in [-0.05, 0) is 0 Å². The SMILES string of the molecule is FCC(F)OC(F)F. The predicted molar refractivity (Wildman–Crippen MR) is 18.0 cm³/mol. The first kappa shape index (κ1) is 7.68. The Morgan fingerprint density at radius 2 is 1.75 bits per heavy atom. The molecule has 0 heterocycles. The highest BCUT2D eigenvalue weighted by molar-refractivity contribution is 4.31. The lowest BCUT2D eigenvalue weighted by Gasteiger charge is -2.01. The summed E-state index contributed by atoms with van der Waals surface area (Å²) in [6.45, 7) is -4.77. The van der Waals surface area contributed by atoms with Crippen molar-refractivity contribution in [1.82, 2.24) is 0 Å². The summed E-state index contributed by atoms with van der Waals surface area (Å²) < 4.78 is 46.9. The Labute approximate surface area is 43.2 Å². The van der Waals surface area contributed by atoms with Gasteiger partial charge in [0.25, 0.3) is 0 Å². The van der Waals surface area contributed by atoms with Crippen molar-refractivity contribution in [2.75, 3.05) is 6.67 Å². The van der Waals surface area contributed by atoms with Crippen molar-refractivity contribution in [3.05, 3.63) is 0 Å². The van der Waals surface area contributed by atoms with E-state index in [4.69, 9.17) is 0 Å². The van der Waals surface area contributed by atoms with Crippen molar-refractivity contribution in [3.63, 3.8) is 0 Å². The predicted octanol–water partition coefficient (Wildman–Crippen LogP) is 1.49. The molecule has 0 amide bonds. The van der Waals surface area contributed by atoms with E-state index in [1.807, 2.05) is 0 Å². The number of ether oxygens (including phenoxy) is 1. The largest absolute Gasteiger partial charge is 0.347 e. The van der Waals surface area contributed by atoms with Crippen LogP contribution < -0.4 is 0 Å². The Morgan fingerprint density at radius 3 is 1.88 bits per heavy atom. The summed E-state index contributed by atoms with van der Waals surface area (Å²) >= 11 is 0. The molecule has 0 saturated heterocycles. The van der Waals surface area contributed by atoms with Crippen molar-refractivity contribution in [2.45, 2.75) is 13.0 Å². The first-order valence-corrected chi connectivity index (χ1v) is 1.80. The van der Waals surface area contributed by atoms with Gasteiger partial charge in [0.05, 0.1) is 0 Å². The molecule has 0 saturated carbocycles. The number of hydrogen-bond acceptors (Lipinski definition) is 1. The summed E-state index contributed by atoms with van der Waals surface area (Å²) in [5.74, 6) is 0. The van der Waals surface area contributed by atoms with Crippen molar-refractivity contribution in [3.8, 4) is 0 Å². The summed E-state index contributed by atoms with van der Waals surface area (Å²) in [7, 11) is 0. The van der Waals surface area contributed by atoms with Crippen LogP contribution in [0.4, 0.5) is 17.6 Å². The van der Waals surface area contributed by atoms with Crippen LogP contribution in [0.1, 0.15) is 0 Å². The van der Waals surface area contributed by atoms with Crippen LogP contribution >= 0.6 is 0 Å². The molecule has 0 rings (SSSR count). The number of halogens is 4. The molecule has 0 spiro atoms. The highest BCUT2D eigenvalue weighted by Gasteiger charge is 2.11. The van der Waals surface area contributed by atoms with Crippen molar-refractivity contribution < 1.29 is 22.3 Å². The average Bonchev–Trinajstić information content (AvgIpc) is 1.65. The third-order valence-corrected chi connectivity index (χ3v) is 0.372. The van der Waals surface area contributed by atoms with E-state index in [1.165, 1.54) is 0 Å². The van der Waals surface area contributed by atoms with E-state index in [-0.39, 0.29) is 0 Å². The highest BCUT2D eigenvalue weighted by atomic mass is 19.3. The van der Waals surface area contributed by atoms with Gasteiger partial charge in [-0.1, -0.05) is 0 Å². The maximum atomic E-state index is 11.3. The van der Waals surface area contributed by atoms with Crippen LogP contribution in [-0.4, -0.2) is 19.6 Å². The van der Waals surface area contributed by atoms with Crippen molar-refractivity contribution in [1.29, 1.82) is 0 Å². The minimum atomic E-state index is -3.24. The molecule has 0 aliphatic rings. The van der Waals surface area contributed by atoms with Crippen molar-refractivity contribution >= 4 is 0 Å². The lowest BCUT2D eigenvalue weighted by atomic mass is 10.8. The van der Waals surface area contributed by atoms with Gasteiger partial charge in [0.1, 0.15) is 6.67 Å². The molecule has 1 nitrogen and oxygen atoms in total. The second-order valence-corrected chi connectivity index (χ2v) is 0.961. The molecule has 1 unspecified atom stereocenters. The summed E-state index contributed by atoms with van der Waals surface area (Å²) in [6, 6.07) is 0. The first-order valence-electron chi connectivity index (χ1n) is 1.80. The Bertz CT molecular complexity index is 57.2. The second-order valence-electron chi connectivity index (χ2n) is 0.961. The van der Waals surface area contributed by atoms with E-state index in [0.29, 0.717) is 0 Å². The molecule has 0 aromatic heterocycles. The molecule has 0 N–H and O–H groups in total. The van der Waals surface area contributed by atoms with E-state index in [9.17, 15) is 17.6 Å². The maximum absolute atomic E-state index is 11.3. The summed E-state index contributed by atoms with van der Waals surface area (Å²) in [5.41, 5.74) is 0. The van der Waals surface area contributed by atoms with E-state index in [0.717, 1.165) is 0 Å².